The van der Waals surface area contributed by atoms with E-state index in [2.05, 4.69) is 12.1 Å². The summed E-state index contributed by atoms with van der Waals surface area (Å²) in [6, 6.07) is 17.9. The van der Waals surface area contributed by atoms with Gasteiger partial charge >= 0.3 is 0 Å². The van der Waals surface area contributed by atoms with Gasteiger partial charge < -0.3 is 20.3 Å². The van der Waals surface area contributed by atoms with Crippen LogP contribution in [-0.4, -0.2) is 30.5 Å². The molecule has 1 fully saturated rings. The van der Waals surface area contributed by atoms with E-state index in [1.54, 1.807) is 0 Å². The molecule has 2 aromatic rings. The molecule has 0 aromatic heterocycles. The molecule has 3 rings (SSSR count). The molecule has 4 heteroatoms. The SMILES string of the molecule is N[C@]1(CO)CC[C@@H](c2ccc(OCCOc3ccccc3)cc2)C1. The van der Waals surface area contributed by atoms with Crippen molar-refractivity contribution in [2.24, 2.45) is 5.73 Å². The van der Waals surface area contributed by atoms with E-state index in [9.17, 15) is 5.11 Å². The maximum atomic E-state index is 9.38. The van der Waals surface area contributed by atoms with Crippen LogP contribution in [0.2, 0.25) is 0 Å². The van der Waals surface area contributed by atoms with Crippen LogP contribution in [0.1, 0.15) is 30.7 Å². The van der Waals surface area contributed by atoms with Crippen LogP contribution in [0, 0.1) is 0 Å². The monoisotopic (exact) mass is 327 g/mol. The van der Waals surface area contributed by atoms with E-state index < -0.39 is 5.54 Å². The van der Waals surface area contributed by atoms with E-state index in [1.807, 2.05) is 42.5 Å². The lowest BCUT2D eigenvalue weighted by atomic mass is 9.94. The summed E-state index contributed by atoms with van der Waals surface area (Å²) in [6.45, 7) is 1.08. The largest absolute Gasteiger partial charge is 0.490 e. The van der Waals surface area contributed by atoms with Gasteiger partial charge in [-0.15, -0.1) is 0 Å². The number of rotatable bonds is 7. The number of aliphatic hydroxyl groups excluding tert-OH is 1. The molecule has 4 nitrogen and oxygen atoms in total. The fourth-order valence-corrected chi connectivity index (χ4v) is 3.26. The van der Waals surface area contributed by atoms with Crippen LogP contribution in [-0.2, 0) is 0 Å². The van der Waals surface area contributed by atoms with Crippen LogP contribution in [0.25, 0.3) is 0 Å². The van der Waals surface area contributed by atoms with Crippen molar-refractivity contribution in [3.63, 3.8) is 0 Å². The number of ether oxygens (including phenoxy) is 2. The Hall–Kier alpha value is -2.04. The summed E-state index contributed by atoms with van der Waals surface area (Å²) in [7, 11) is 0. The predicted molar refractivity (Wildman–Crippen MR) is 94.5 cm³/mol. The topological polar surface area (TPSA) is 64.7 Å². The van der Waals surface area contributed by atoms with Crippen molar-refractivity contribution >= 4 is 0 Å². The van der Waals surface area contributed by atoms with Crippen molar-refractivity contribution in [3.8, 4) is 11.5 Å². The van der Waals surface area contributed by atoms with Crippen molar-refractivity contribution in [1.82, 2.24) is 0 Å². The van der Waals surface area contributed by atoms with E-state index in [0.717, 1.165) is 30.8 Å². The molecular weight excluding hydrogens is 302 g/mol. The second-order valence-corrected chi connectivity index (χ2v) is 6.54. The third-order valence-electron chi connectivity index (χ3n) is 4.67. The molecular formula is C20H25NO3. The second kappa shape index (κ2) is 7.69. The van der Waals surface area contributed by atoms with Crippen molar-refractivity contribution in [3.05, 3.63) is 60.2 Å². The highest BCUT2D eigenvalue weighted by Crippen LogP contribution is 2.39. The molecule has 128 valence electrons. The highest BCUT2D eigenvalue weighted by molar-refractivity contribution is 5.30. The lowest BCUT2D eigenvalue weighted by molar-refractivity contribution is 0.198. The third-order valence-corrected chi connectivity index (χ3v) is 4.67. The molecule has 0 spiro atoms. The molecule has 0 amide bonds. The van der Waals surface area contributed by atoms with Gasteiger partial charge in [0.15, 0.2) is 0 Å². The summed E-state index contributed by atoms with van der Waals surface area (Å²) in [5.41, 5.74) is 7.02. The fraction of sp³-hybridized carbons (Fsp3) is 0.400. The van der Waals surface area contributed by atoms with Crippen molar-refractivity contribution in [2.75, 3.05) is 19.8 Å². The molecule has 24 heavy (non-hydrogen) atoms. The Morgan fingerprint density at radius 3 is 2.17 bits per heavy atom. The molecule has 0 aliphatic heterocycles. The van der Waals surface area contributed by atoms with E-state index in [-0.39, 0.29) is 6.61 Å². The maximum Gasteiger partial charge on any atom is 0.122 e. The summed E-state index contributed by atoms with van der Waals surface area (Å²) in [5, 5.41) is 9.38. The zero-order chi connectivity index (χ0) is 16.8. The predicted octanol–water partition coefficient (Wildman–Crippen LogP) is 3.10. The van der Waals surface area contributed by atoms with Gasteiger partial charge in [0.25, 0.3) is 0 Å². The van der Waals surface area contributed by atoms with Gasteiger partial charge in [-0.05, 0) is 55.0 Å². The van der Waals surface area contributed by atoms with Gasteiger partial charge in [0.05, 0.1) is 6.61 Å². The van der Waals surface area contributed by atoms with Gasteiger partial charge in [0.1, 0.15) is 24.7 Å². The fourth-order valence-electron chi connectivity index (χ4n) is 3.26. The average Bonchev–Trinajstić information content (AvgIpc) is 3.03. The zero-order valence-electron chi connectivity index (χ0n) is 13.9. The standard InChI is InChI=1S/C20H25NO3/c21-20(15-22)11-10-17(14-20)16-6-8-19(9-7-16)24-13-12-23-18-4-2-1-3-5-18/h1-9,17,22H,10-15,21H2/t17-,20-/m1/s1. The average molecular weight is 327 g/mol. The lowest BCUT2D eigenvalue weighted by Gasteiger charge is -2.21. The summed E-state index contributed by atoms with van der Waals surface area (Å²) < 4.78 is 11.3. The summed E-state index contributed by atoms with van der Waals surface area (Å²) in [4.78, 5) is 0. The number of para-hydroxylation sites is 1. The Morgan fingerprint density at radius 1 is 0.958 bits per heavy atom. The van der Waals surface area contributed by atoms with Crippen LogP contribution in [0.4, 0.5) is 0 Å². The number of hydrogen-bond donors (Lipinski definition) is 2. The minimum atomic E-state index is -0.408. The third kappa shape index (κ3) is 4.28. The maximum absolute atomic E-state index is 9.38. The molecule has 1 saturated carbocycles. The normalized spacial score (nSPS) is 23.2. The second-order valence-electron chi connectivity index (χ2n) is 6.54. The molecule has 0 saturated heterocycles. The molecule has 0 heterocycles. The number of nitrogens with two attached hydrogens (primary N) is 1. The van der Waals surface area contributed by atoms with Crippen molar-refractivity contribution < 1.29 is 14.6 Å². The van der Waals surface area contributed by atoms with Gasteiger partial charge in [0.2, 0.25) is 0 Å². The Labute approximate surface area is 143 Å². The number of aliphatic hydroxyl groups is 1. The van der Waals surface area contributed by atoms with E-state index in [0.29, 0.717) is 19.1 Å². The molecule has 0 radical (unpaired) electrons. The molecule has 0 unspecified atom stereocenters. The first-order chi connectivity index (χ1) is 11.7. The molecule has 0 bridgehead atoms. The van der Waals surface area contributed by atoms with Crippen LogP contribution < -0.4 is 15.2 Å². The molecule has 1 aliphatic carbocycles. The Kier molecular flexibility index (Phi) is 5.38. The van der Waals surface area contributed by atoms with Crippen LogP contribution in [0.3, 0.4) is 0 Å². The van der Waals surface area contributed by atoms with Gasteiger partial charge in [-0.2, -0.15) is 0 Å². The van der Waals surface area contributed by atoms with E-state index in [4.69, 9.17) is 15.2 Å². The molecule has 2 aromatic carbocycles. The minimum absolute atomic E-state index is 0.0616. The van der Waals surface area contributed by atoms with Crippen LogP contribution >= 0.6 is 0 Å². The molecule has 1 aliphatic rings. The first kappa shape index (κ1) is 16.8. The quantitative estimate of drug-likeness (QED) is 0.767. The highest BCUT2D eigenvalue weighted by Gasteiger charge is 2.35. The zero-order valence-corrected chi connectivity index (χ0v) is 13.9. The first-order valence-corrected chi connectivity index (χ1v) is 8.49. The smallest absolute Gasteiger partial charge is 0.122 e. The summed E-state index contributed by atoms with van der Waals surface area (Å²) in [5.74, 6) is 2.12. The van der Waals surface area contributed by atoms with E-state index >= 15 is 0 Å². The van der Waals surface area contributed by atoms with Gasteiger partial charge in [-0.3, -0.25) is 0 Å². The summed E-state index contributed by atoms with van der Waals surface area (Å²) >= 11 is 0. The van der Waals surface area contributed by atoms with Gasteiger partial charge in [-0.25, -0.2) is 0 Å². The Balaban J connectivity index is 1.45. The highest BCUT2D eigenvalue weighted by atomic mass is 16.5. The summed E-state index contributed by atoms with van der Waals surface area (Å²) in [6.07, 6.45) is 2.75. The van der Waals surface area contributed by atoms with E-state index in [1.165, 1.54) is 5.56 Å². The Morgan fingerprint density at radius 2 is 1.58 bits per heavy atom. The minimum Gasteiger partial charge on any atom is -0.490 e. The lowest BCUT2D eigenvalue weighted by Crippen LogP contribution is -2.40. The van der Waals surface area contributed by atoms with Gasteiger partial charge in [-0.1, -0.05) is 30.3 Å². The first-order valence-electron chi connectivity index (χ1n) is 8.49. The van der Waals surface area contributed by atoms with Crippen molar-refractivity contribution in [2.45, 2.75) is 30.7 Å². The number of hydrogen-bond acceptors (Lipinski definition) is 4. The van der Waals surface area contributed by atoms with Crippen molar-refractivity contribution in [1.29, 1.82) is 0 Å². The van der Waals surface area contributed by atoms with Crippen LogP contribution in [0.15, 0.2) is 54.6 Å². The Bertz CT molecular complexity index is 629. The molecule has 2 atom stereocenters. The number of benzene rings is 2. The van der Waals surface area contributed by atoms with Gasteiger partial charge in [0, 0.05) is 5.54 Å². The molecule has 3 N–H and O–H groups in total. The van der Waals surface area contributed by atoms with Crippen LogP contribution in [0.5, 0.6) is 11.5 Å².